The summed E-state index contributed by atoms with van der Waals surface area (Å²) in [5, 5.41) is 29.6. The first kappa shape index (κ1) is 24.0. The van der Waals surface area contributed by atoms with Crippen LogP contribution in [0.1, 0.15) is 25.0 Å². The van der Waals surface area contributed by atoms with Gasteiger partial charge in [-0.3, -0.25) is 9.69 Å². The van der Waals surface area contributed by atoms with Crippen LogP contribution in [0.3, 0.4) is 0 Å². The molecule has 0 saturated carbocycles. The second-order valence-electron chi connectivity index (χ2n) is 8.24. The Balaban J connectivity index is 1.69. The normalized spacial score (nSPS) is 17.0. The minimum absolute atomic E-state index is 0.0123. The zero-order chi connectivity index (χ0) is 25.3. The van der Waals surface area contributed by atoms with Crippen LogP contribution in [-0.4, -0.2) is 69.2 Å². The summed E-state index contributed by atoms with van der Waals surface area (Å²) < 4.78 is 1.43. The quantitative estimate of drug-likeness (QED) is 0.460. The number of carbonyl (C=O) groups is 1. The number of piperazine rings is 1. The van der Waals surface area contributed by atoms with Gasteiger partial charge in [0.2, 0.25) is 17.8 Å². The number of benzene rings is 1. The van der Waals surface area contributed by atoms with Gasteiger partial charge in [0.05, 0.1) is 40.3 Å². The number of aromatic nitrogens is 4. The summed E-state index contributed by atoms with van der Waals surface area (Å²) in [4.78, 5) is 24.6. The highest BCUT2D eigenvalue weighted by atomic mass is 35.5. The molecule has 3 aromatic rings. The van der Waals surface area contributed by atoms with Gasteiger partial charge in [0, 0.05) is 32.7 Å². The van der Waals surface area contributed by atoms with E-state index in [1.807, 2.05) is 11.8 Å². The number of halogens is 1. The second-order valence-corrected chi connectivity index (χ2v) is 8.61. The lowest BCUT2D eigenvalue weighted by Gasteiger charge is -2.43. The molecule has 1 aromatic carbocycles. The lowest BCUT2D eigenvalue weighted by Crippen LogP contribution is -2.57. The van der Waals surface area contributed by atoms with E-state index in [1.54, 1.807) is 26.1 Å². The van der Waals surface area contributed by atoms with Crippen molar-refractivity contribution >= 4 is 46.4 Å². The zero-order valence-electron chi connectivity index (χ0n) is 19.4. The summed E-state index contributed by atoms with van der Waals surface area (Å²) in [7, 11) is 1.68. The van der Waals surface area contributed by atoms with Gasteiger partial charge in [0.15, 0.2) is 5.65 Å². The number of nitrogens with two attached hydrogens (primary N) is 1. The van der Waals surface area contributed by atoms with Gasteiger partial charge in [-0.2, -0.15) is 30.1 Å². The number of hydrogen-bond acceptors (Lipinski definition) is 10. The van der Waals surface area contributed by atoms with Crippen LogP contribution in [0.5, 0.6) is 0 Å². The molecule has 180 valence electrons. The van der Waals surface area contributed by atoms with Gasteiger partial charge >= 0.3 is 0 Å². The summed E-state index contributed by atoms with van der Waals surface area (Å²) in [5.74, 6) is 0.201. The molecular weight excluding hydrogens is 470 g/mol. The van der Waals surface area contributed by atoms with Crippen molar-refractivity contribution in [3.8, 4) is 12.1 Å². The Morgan fingerprint density at radius 1 is 1.29 bits per heavy atom. The van der Waals surface area contributed by atoms with E-state index in [-0.39, 0.29) is 23.9 Å². The van der Waals surface area contributed by atoms with Crippen molar-refractivity contribution < 1.29 is 4.79 Å². The van der Waals surface area contributed by atoms with Gasteiger partial charge < -0.3 is 21.3 Å². The molecule has 12 nitrogen and oxygen atoms in total. The highest BCUT2D eigenvalue weighted by Gasteiger charge is 2.30. The molecule has 0 bridgehead atoms. The summed E-state index contributed by atoms with van der Waals surface area (Å²) >= 11 is 6.82. The van der Waals surface area contributed by atoms with Gasteiger partial charge in [-0.15, -0.1) is 0 Å². The minimum Gasteiger partial charge on any atom is -0.368 e. The first-order chi connectivity index (χ1) is 16.8. The fraction of sp³-hybridized carbons (Fsp3) is 0.364. The average Bonchev–Trinajstić information content (AvgIpc) is 3.27. The Kier molecular flexibility index (Phi) is 6.60. The van der Waals surface area contributed by atoms with Crippen LogP contribution >= 0.6 is 11.6 Å². The molecule has 35 heavy (non-hydrogen) atoms. The lowest BCUT2D eigenvalue weighted by molar-refractivity contribution is -0.122. The molecule has 1 aliphatic rings. The molecule has 4 N–H and O–H groups in total. The number of nitriles is 2. The fourth-order valence-corrected chi connectivity index (χ4v) is 4.41. The zero-order valence-corrected chi connectivity index (χ0v) is 20.2. The molecule has 0 unspecified atom stereocenters. The van der Waals surface area contributed by atoms with E-state index in [2.05, 4.69) is 42.7 Å². The Hall–Kier alpha value is -4.13. The van der Waals surface area contributed by atoms with Crippen LogP contribution in [-0.2, 0) is 4.79 Å². The Bertz CT molecular complexity index is 1370. The molecule has 1 aliphatic heterocycles. The number of fused-ring (bicyclic) bond motifs is 1. The standard InChI is InChI=1S/C22H24ClN11O/c1-12-11-32(13(2)19(26)35)4-5-33(12)17-7-14(8-24)6-16(18(17)23)29-21-30-20-15(9-25)10-28-34(20)22(27-3)31-21/h6-7,10,12-13H,4-5,11H2,1-3H3,(H2,26,35)(H2,27,29,30,31)/t12-,13-/m0/s1. The number of anilines is 4. The molecule has 2 atom stereocenters. The third-order valence-corrected chi connectivity index (χ3v) is 6.47. The van der Waals surface area contributed by atoms with Crippen molar-refractivity contribution in [1.29, 1.82) is 10.5 Å². The summed E-state index contributed by atoms with van der Waals surface area (Å²) in [6.07, 6.45) is 1.41. The molecule has 1 amide bonds. The van der Waals surface area contributed by atoms with Crippen LogP contribution < -0.4 is 21.3 Å². The van der Waals surface area contributed by atoms with Gasteiger partial charge in [0.25, 0.3) is 0 Å². The van der Waals surface area contributed by atoms with E-state index in [0.717, 1.165) is 0 Å². The highest BCUT2D eigenvalue weighted by molar-refractivity contribution is 6.36. The van der Waals surface area contributed by atoms with Crippen LogP contribution in [0.2, 0.25) is 5.02 Å². The maximum atomic E-state index is 11.6. The highest BCUT2D eigenvalue weighted by Crippen LogP contribution is 2.37. The van der Waals surface area contributed by atoms with Crippen LogP contribution in [0.15, 0.2) is 18.3 Å². The number of amides is 1. The van der Waals surface area contributed by atoms with Crippen molar-refractivity contribution in [2.24, 2.45) is 5.73 Å². The van der Waals surface area contributed by atoms with Crippen molar-refractivity contribution in [2.75, 3.05) is 42.2 Å². The number of hydrogen-bond donors (Lipinski definition) is 3. The van der Waals surface area contributed by atoms with E-state index >= 15 is 0 Å². The predicted octanol–water partition coefficient (Wildman–Crippen LogP) is 1.69. The first-order valence-electron chi connectivity index (χ1n) is 10.9. The second kappa shape index (κ2) is 9.62. The smallest absolute Gasteiger partial charge is 0.234 e. The fourth-order valence-electron chi connectivity index (χ4n) is 4.14. The van der Waals surface area contributed by atoms with E-state index < -0.39 is 0 Å². The van der Waals surface area contributed by atoms with E-state index in [4.69, 9.17) is 17.3 Å². The molecule has 1 saturated heterocycles. The van der Waals surface area contributed by atoms with Gasteiger partial charge in [0.1, 0.15) is 11.6 Å². The van der Waals surface area contributed by atoms with E-state index in [0.29, 0.717) is 58.8 Å². The van der Waals surface area contributed by atoms with Gasteiger partial charge in [-0.25, -0.2) is 0 Å². The van der Waals surface area contributed by atoms with Crippen molar-refractivity contribution in [3.05, 3.63) is 34.5 Å². The molecule has 3 heterocycles. The van der Waals surface area contributed by atoms with Crippen molar-refractivity contribution in [1.82, 2.24) is 24.5 Å². The molecule has 0 aliphatic carbocycles. The largest absolute Gasteiger partial charge is 0.368 e. The van der Waals surface area contributed by atoms with Crippen LogP contribution in [0.4, 0.5) is 23.3 Å². The van der Waals surface area contributed by atoms with Crippen molar-refractivity contribution in [3.63, 3.8) is 0 Å². The van der Waals surface area contributed by atoms with E-state index in [1.165, 1.54) is 10.7 Å². The van der Waals surface area contributed by atoms with Gasteiger partial charge in [-0.05, 0) is 26.0 Å². The number of primary amides is 1. The number of nitrogens with one attached hydrogen (secondary N) is 2. The predicted molar refractivity (Wildman–Crippen MR) is 132 cm³/mol. The van der Waals surface area contributed by atoms with Crippen LogP contribution in [0.25, 0.3) is 5.65 Å². The molecule has 0 spiro atoms. The molecule has 13 heteroatoms. The molecule has 4 rings (SSSR count). The maximum absolute atomic E-state index is 11.6. The average molecular weight is 494 g/mol. The maximum Gasteiger partial charge on any atom is 0.234 e. The summed E-state index contributed by atoms with van der Waals surface area (Å²) in [6.45, 7) is 5.66. The van der Waals surface area contributed by atoms with Crippen LogP contribution in [0, 0.1) is 22.7 Å². The molecule has 0 radical (unpaired) electrons. The number of nitrogens with zero attached hydrogens (tertiary/aromatic N) is 8. The lowest BCUT2D eigenvalue weighted by atomic mass is 10.1. The summed E-state index contributed by atoms with van der Waals surface area (Å²) in [5.41, 5.74) is 7.64. The first-order valence-corrected chi connectivity index (χ1v) is 11.3. The topological polar surface area (TPSA) is 164 Å². The third-order valence-electron chi connectivity index (χ3n) is 6.07. The summed E-state index contributed by atoms with van der Waals surface area (Å²) in [6, 6.07) is 7.24. The number of carbonyl (C=O) groups excluding carboxylic acids is 1. The molecular formula is C22H24ClN11O. The van der Waals surface area contributed by atoms with E-state index in [9.17, 15) is 15.3 Å². The Morgan fingerprint density at radius 3 is 2.69 bits per heavy atom. The third kappa shape index (κ3) is 4.49. The van der Waals surface area contributed by atoms with Gasteiger partial charge in [-0.1, -0.05) is 11.6 Å². The monoisotopic (exact) mass is 493 g/mol. The number of rotatable bonds is 6. The minimum atomic E-state index is -0.368. The van der Waals surface area contributed by atoms with Crippen molar-refractivity contribution in [2.45, 2.75) is 25.9 Å². The molecule has 2 aromatic heterocycles. The Morgan fingerprint density at radius 2 is 2.06 bits per heavy atom. The molecule has 1 fully saturated rings. The Labute approximate surface area is 206 Å². The SMILES string of the molecule is CNc1nc(Nc2cc(C#N)cc(N3CCN([C@@H](C)C(N)=O)C[C@@H]3C)c2Cl)nc2c(C#N)cnn12.